The largest absolute Gasteiger partial charge is 0.497 e. The standard InChI is InChI=1S/C16H15NO8/c1-4-24-15(20)16-11(12(14(19)23-3)17(21)25-16)10-7-8(22-2)5-6-9(10)13(16)18/h5-7,11H,4H2,1-3H3/t11-,16+/m0/s1. The van der Waals surface area contributed by atoms with Crippen molar-refractivity contribution >= 4 is 23.4 Å². The van der Waals surface area contributed by atoms with Gasteiger partial charge in [0.2, 0.25) is 0 Å². The summed E-state index contributed by atoms with van der Waals surface area (Å²) in [5.41, 5.74) is -2.38. The van der Waals surface area contributed by atoms with Crippen molar-refractivity contribution in [2.45, 2.75) is 18.4 Å². The van der Waals surface area contributed by atoms with Gasteiger partial charge in [0.15, 0.2) is 5.78 Å². The van der Waals surface area contributed by atoms with Crippen LogP contribution in [-0.2, 0) is 23.9 Å². The molecule has 0 unspecified atom stereocenters. The van der Waals surface area contributed by atoms with E-state index in [9.17, 15) is 19.6 Å². The smallest absolute Gasteiger partial charge is 0.405 e. The number of rotatable bonds is 4. The molecule has 0 spiro atoms. The summed E-state index contributed by atoms with van der Waals surface area (Å²) in [5, 5.41) is 12.2. The van der Waals surface area contributed by atoms with Crippen LogP contribution in [0.1, 0.15) is 28.8 Å². The van der Waals surface area contributed by atoms with Gasteiger partial charge in [-0.1, -0.05) is 0 Å². The average molecular weight is 349 g/mol. The highest BCUT2D eigenvalue weighted by molar-refractivity contribution is 6.41. The van der Waals surface area contributed by atoms with Gasteiger partial charge in [-0.25, -0.2) is 9.59 Å². The molecule has 1 aliphatic carbocycles. The van der Waals surface area contributed by atoms with Crippen molar-refractivity contribution in [1.29, 1.82) is 0 Å². The Labute approximate surface area is 142 Å². The van der Waals surface area contributed by atoms with Crippen LogP contribution in [0.2, 0.25) is 0 Å². The minimum atomic E-state index is -2.28. The van der Waals surface area contributed by atoms with Gasteiger partial charge in [0.25, 0.3) is 5.60 Å². The van der Waals surface area contributed by atoms with E-state index in [-0.39, 0.29) is 22.6 Å². The Kier molecular flexibility index (Phi) is 3.86. The second kappa shape index (κ2) is 5.76. The third-order valence-corrected chi connectivity index (χ3v) is 4.23. The van der Waals surface area contributed by atoms with Crippen LogP contribution in [0, 0.1) is 5.21 Å². The number of carbonyl (C=O) groups excluding carboxylic acids is 3. The van der Waals surface area contributed by atoms with Gasteiger partial charge >= 0.3 is 17.7 Å². The molecule has 9 heteroatoms. The van der Waals surface area contributed by atoms with Gasteiger partial charge in [0.1, 0.15) is 11.7 Å². The first-order chi connectivity index (χ1) is 11.9. The zero-order chi connectivity index (χ0) is 18.4. The number of fused-ring (bicyclic) bond motifs is 3. The molecule has 2 aliphatic rings. The van der Waals surface area contributed by atoms with Gasteiger partial charge in [-0.05, 0) is 30.7 Å². The topological polar surface area (TPSA) is 114 Å². The number of Topliss-reactive ketones (excluding diaryl/α,β-unsaturated/α-hetero) is 1. The maximum Gasteiger partial charge on any atom is 0.405 e. The summed E-state index contributed by atoms with van der Waals surface area (Å²) in [4.78, 5) is 42.5. The fourth-order valence-corrected chi connectivity index (χ4v) is 3.17. The van der Waals surface area contributed by atoms with E-state index < -0.39 is 35.0 Å². The Balaban J connectivity index is 2.25. The summed E-state index contributed by atoms with van der Waals surface area (Å²) in [6.45, 7) is 1.52. The molecule has 0 radical (unpaired) electrons. The molecule has 132 valence electrons. The van der Waals surface area contributed by atoms with Crippen molar-refractivity contribution in [2.24, 2.45) is 0 Å². The fourth-order valence-electron chi connectivity index (χ4n) is 3.17. The lowest BCUT2D eigenvalue weighted by Gasteiger charge is -2.24. The first-order valence-electron chi connectivity index (χ1n) is 7.43. The molecule has 25 heavy (non-hydrogen) atoms. The molecular formula is C16H15NO8. The van der Waals surface area contributed by atoms with Crippen LogP contribution in [0.4, 0.5) is 0 Å². The van der Waals surface area contributed by atoms with Gasteiger partial charge in [-0.3, -0.25) is 10.0 Å². The highest BCUT2D eigenvalue weighted by Crippen LogP contribution is 2.49. The third-order valence-electron chi connectivity index (χ3n) is 4.23. The molecule has 1 aliphatic heterocycles. The van der Waals surface area contributed by atoms with Gasteiger partial charge in [0, 0.05) is 5.56 Å². The maximum atomic E-state index is 12.9. The molecule has 1 aromatic rings. The van der Waals surface area contributed by atoms with Gasteiger partial charge < -0.3 is 19.0 Å². The molecule has 0 saturated carbocycles. The Morgan fingerprint density at radius 3 is 2.68 bits per heavy atom. The van der Waals surface area contributed by atoms with Crippen molar-refractivity contribution in [3.05, 3.63) is 34.5 Å². The molecule has 2 atom stereocenters. The first kappa shape index (κ1) is 16.7. The van der Waals surface area contributed by atoms with E-state index in [0.29, 0.717) is 5.75 Å². The summed E-state index contributed by atoms with van der Waals surface area (Å²) >= 11 is 0. The Bertz CT molecular complexity index is 814. The number of methoxy groups -OCH3 is 2. The van der Waals surface area contributed by atoms with E-state index in [2.05, 4.69) is 4.74 Å². The van der Waals surface area contributed by atoms with E-state index in [1.54, 1.807) is 6.92 Å². The summed E-state index contributed by atoms with van der Waals surface area (Å²) < 4.78 is 14.7. The minimum absolute atomic E-state index is 0.0317. The molecule has 0 bridgehead atoms. The number of benzene rings is 1. The molecule has 0 fully saturated rings. The first-order valence-corrected chi connectivity index (χ1v) is 7.43. The molecule has 1 aromatic carbocycles. The highest BCUT2D eigenvalue weighted by Gasteiger charge is 2.70. The summed E-state index contributed by atoms with van der Waals surface area (Å²) in [6, 6.07) is 4.46. The highest BCUT2D eigenvalue weighted by atomic mass is 16.9. The fraction of sp³-hybridized carbons (Fsp3) is 0.375. The predicted octanol–water partition coefficient (Wildman–Crippen LogP) is 0.346. The minimum Gasteiger partial charge on any atom is -0.497 e. The van der Waals surface area contributed by atoms with Crippen molar-refractivity contribution < 1.29 is 38.3 Å². The summed E-state index contributed by atoms with van der Waals surface area (Å²) in [5.74, 6) is -3.70. The van der Waals surface area contributed by atoms with Gasteiger partial charge in [-0.15, -0.1) is 0 Å². The van der Waals surface area contributed by atoms with Crippen LogP contribution in [0.25, 0.3) is 0 Å². The second-order valence-corrected chi connectivity index (χ2v) is 5.40. The normalized spacial score (nSPS) is 23.6. The number of esters is 2. The Hall–Kier alpha value is -3.10. The molecule has 9 nitrogen and oxygen atoms in total. The number of hydrogen-bond acceptors (Lipinski definition) is 8. The Morgan fingerprint density at radius 1 is 1.36 bits per heavy atom. The van der Waals surface area contributed by atoms with Gasteiger partial charge in [0.05, 0.1) is 25.7 Å². The summed E-state index contributed by atoms with van der Waals surface area (Å²) in [6.07, 6.45) is 0. The molecular weight excluding hydrogens is 334 g/mol. The average Bonchev–Trinajstić information content (AvgIpc) is 3.05. The van der Waals surface area contributed by atoms with Crippen molar-refractivity contribution in [3.63, 3.8) is 0 Å². The van der Waals surface area contributed by atoms with E-state index in [1.165, 1.54) is 25.3 Å². The zero-order valence-electron chi connectivity index (χ0n) is 13.7. The molecule has 0 saturated heterocycles. The number of ketones is 1. The number of ether oxygens (including phenoxy) is 3. The lowest BCUT2D eigenvalue weighted by molar-refractivity contribution is -0.743. The van der Waals surface area contributed by atoms with Crippen molar-refractivity contribution in [3.8, 4) is 5.75 Å². The number of carbonyl (C=O) groups is 3. The monoisotopic (exact) mass is 349 g/mol. The lowest BCUT2D eigenvalue weighted by Crippen LogP contribution is -2.50. The maximum absolute atomic E-state index is 12.9. The summed E-state index contributed by atoms with van der Waals surface area (Å²) in [7, 11) is 2.50. The zero-order valence-corrected chi connectivity index (χ0v) is 13.7. The quantitative estimate of drug-likeness (QED) is 0.434. The van der Waals surface area contributed by atoms with E-state index >= 15 is 0 Å². The SMILES string of the molecule is CCOC(=O)[C@@]12O[N+]([O-])=C(C(=O)OC)[C@@H]1c1cc(OC)ccc1C2=O. The predicted molar refractivity (Wildman–Crippen MR) is 81.2 cm³/mol. The Morgan fingerprint density at radius 2 is 2.08 bits per heavy atom. The van der Waals surface area contributed by atoms with Crippen LogP contribution in [0.5, 0.6) is 5.75 Å². The van der Waals surface area contributed by atoms with Crippen LogP contribution < -0.4 is 4.74 Å². The second-order valence-electron chi connectivity index (χ2n) is 5.40. The molecule has 0 aromatic heterocycles. The van der Waals surface area contributed by atoms with Crippen LogP contribution in [0.15, 0.2) is 18.2 Å². The number of hydrogen-bond donors (Lipinski definition) is 0. The molecule has 0 amide bonds. The third kappa shape index (κ3) is 2.08. The van der Waals surface area contributed by atoms with E-state index in [1.807, 2.05) is 0 Å². The van der Waals surface area contributed by atoms with Crippen molar-refractivity contribution in [2.75, 3.05) is 20.8 Å². The van der Waals surface area contributed by atoms with Crippen LogP contribution in [0.3, 0.4) is 0 Å². The van der Waals surface area contributed by atoms with E-state index in [4.69, 9.17) is 14.3 Å². The molecule has 3 rings (SSSR count). The van der Waals surface area contributed by atoms with Crippen LogP contribution >= 0.6 is 0 Å². The van der Waals surface area contributed by atoms with Crippen LogP contribution in [-0.4, -0.2) is 54.8 Å². The van der Waals surface area contributed by atoms with Gasteiger partial charge in [-0.2, -0.15) is 0 Å². The van der Waals surface area contributed by atoms with E-state index in [0.717, 1.165) is 7.11 Å². The number of nitrogens with zero attached hydrogens (tertiary/aromatic N) is 1. The molecule has 0 N–H and O–H groups in total. The van der Waals surface area contributed by atoms with Crippen molar-refractivity contribution in [1.82, 2.24) is 0 Å². The molecule has 1 heterocycles. The lowest BCUT2D eigenvalue weighted by atomic mass is 9.84.